The van der Waals surface area contributed by atoms with Crippen LogP contribution in [0.25, 0.3) is 100 Å². The summed E-state index contributed by atoms with van der Waals surface area (Å²) in [5, 5.41) is 5.42. The van der Waals surface area contributed by atoms with Gasteiger partial charge in [-0.1, -0.05) is 97.1 Å². The zero-order chi connectivity index (χ0) is 33.5. The Morgan fingerprint density at radius 3 is 1.76 bits per heavy atom. The molecule has 0 bridgehead atoms. The van der Waals surface area contributed by atoms with Crippen molar-refractivity contribution in [3.05, 3.63) is 158 Å². The van der Waals surface area contributed by atoms with Crippen LogP contribution in [0.5, 0.6) is 0 Å². The van der Waals surface area contributed by atoms with E-state index < -0.39 is 0 Å². The smallest absolute Gasteiger partial charge is 0.238 e. The molecule has 0 radical (unpaired) electrons. The van der Waals surface area contributed by atoms with E-state index in [2.05, 4.69) is 118 Å². The van der Waals surface area contributed by atoms with Gasteiger partial charge in [-0.2, -0.15) is 9.97 Å². The average molecular weight is 655 g/mol. The molecule has 0 fully saturated rings. The first-order valence-electron chi connectivity index (χ1n) is 16.9. The van der Waals surface area contributed by atoms with Crippen LogP contribution in [0.15, 0.2) is 162 Å². The number of hydrogen-bond donors (Lipinski definition) is 0. The van der Waals surface area contributed by atoms with Crippen LogP contribution in [-0.4, -0.2) is 29.1 Å². The highest BCUT2D eigenvalue weighted by molar-refractivity contribution is 6.11. The number of para-hydroxylation sites is 6. The van der Waals surface area contributed by atoms with Gasteiger partial charge >= 0.3 is 0 Å². The number of nitrogens with zero attached hydrogens (tertiary/aromatic N) is 6. The summed E-state index contributed by atoms with van der Waals surface area (Å²) in [5.41, 5.74) is 9.23. The third-order valence-corrected chi connectivity index (χ3v) is 9.86. The molecule has 5 aromatic heterocycles. The molecule has 0 unspecified atom stereocenters. The highest BCUT2D eigenvalue weighted by atomic mass is 16.3. The minimum Gasteiger partial charge on any atom is -0.455 e. The van der Waals surface area contributed by atoms with Gasteiger partial charge < -0.3 is 8.98 Å². The second-order valence-corrected chi connectivity index (χ2v) is 12.7. The van der Waals surface area contributed by atoms with Crippen LogP contribution in [0.2, 0.25) is 0 Å². The van der Waals surface area contributed by atoms with E-state index in [4.69, 9.17) is 24.4 Å². The van der Waals surface area contributed by atoms with E-state index in [1.807, 2.05) is 48.7 Å². The van der Waals surface area contributed by atoms with Crippen LogP contribution in [0.1, 0.15) is 0 Å². The van der Waals surface area contributed by atoms with E-state index in [0.29, 0.717) is 17.6 Å². The summed E-state index contributed by atoms with van der Waals surface area (Å²) in [6, 6.07) is 51.9. The fourth-order valence-corrected chi connectivity index (χ4v) is 7.67. The van der Waals surface area contributed by atoms with Crippen LogP contribution in [0.3, 0.4) is 0 Å². The minimum atomic E-state index is 0.527. The largest absolute Gasteiger partial charge is 0.455 e. The normalized spacial score (nSPS) is 11.9. The second kappa shape index (κ2) is 10.7. The van der Waals surface area contributed by atoms with E-state index in [0.717, 1.165) is 82.5 Å². The van der Waals surface area contributed by atoms with Crippen molar-refractivity contribution in [2.24, 2.45) is 0 Å². The molecule has 0 atom stereocenters. The number of fused-ring (bicyclic) bond motifs is 9. The summed E-state index contributed by atoms with van der Waals surface area (Å²) in [7, 11) is 0. The van der Waals surface area contributed by atoms with Gasteiger partial charge in [-0.15, -0.1) is 0 Å². The third kappa shape index (κ3) is 4.06. The second-order valence-electron chi connectivity index (χ2n) is 12.7. The van der Waals surface area contributed by atoms with E-state index >= 15 is 0 Å². The van der Waals surface area contributed by atoms with E-state index in [1.165, 1.54) is 0 Å². The van der Waals surface area contributed by atoms with Crippen molar-refractivity contribution in [1.82, 2.24) is 29.1 Å². The lowest BCUT2D eigenvalue weighted by Gasteiger charge is -2.15. The lowest BCUT2D eigenvalue weighted by molar-refractivity contribution is 0.669. The molecular weight excluding hydrogens is 629 g/mol. The molecule has 0 spiro atoms. The van der Waals surface area contributed by atoms with Gasteiger partial charge in [-0.25, -0.2) is 4.98 Å². The molecule has 0 N–H and O–H groups in total. The lowest BCUT2D eigenvalue weighted by Crippen LogP contribution is -2.08. The highest BCUT2D eigenvalue weighted by Crippen LogP contribution is 2.38. The van der Waals surface area contributed by atoms with Crippen molar-refractivity contribution in [1.29, 1.82) is 0 Å². The fourth-order valence-electron chi connectivity index (χ4n) is 7.67. The predicted octanol–water partition coefficient (Wildman–Crippen LogP) is 10.7. The first kappa shape index (κ1) is 27.8. The van der Waals surface area contributed by atoms with Crippen molar-refractivity contribution in [2.45, 2.75) is 0 Å². The summed E-state index contributed by atoms with van der Waals surface area (Å²) in [6.45, 7) is 0. The van der Waals surface area contributed by atoms with Gasteiger partial charge in [0.25, 0.3) is 0 Å². The standard InChI is InChI=1S/C44H26N6O/c1-6-20-34-27(13-1)28-14-2-7-21-35(28)50(34)44-47-42(46-43(48-44)33-19-11-18-30-29-15-5-10-25-39(29)51-41(30)33)32-17-4-9-23-37(32)49-36-22-8-3-16-31(36)40-38(49)24-12-26-45-40/h1-26H. The van der Waals surface area contributed by atoms with Crippen molar-refractivity contribution in [3.63, 3.8) is 0 Å². The van der Waals surface area contributed by atoms with Crippen LogP contribution in [-0.2, 0) is 0 Å². The molecular formula is C44H26N6O. The molecule has 0 aliphatic carbocycles. The van der Waals surface area contributed by atoms with Crippen LogP contribution in [0.4, 0.5) is 0 Å². The zero-order valence-electron chi connectivity index (χ0n) is 27.1. The summed E-state index contributed by atoms with van der Waals surface area (Å²) >= 11 is 0. The molecule has 0 aliphatic heterocycles. The molecule has 7 nitrogen and oxygen atoms in total. The molecule has 0 amide bonds. The molecule has 0 aliphatic rings. The number of rotatable bonds is 4. The Hall–Kier alpha value is -7.12. The Morgan fingerprint density at radius 2 is 0.980 bits per heavy atom. The maximum Gasteiger partial charge on any atom is 0.238 e. The highest BCUT2D eigenvalue weighted by Gasteiger charge is 2.22. The molecule has 238 valence electrons. The topological polar surface area (TPSA) is 74.6 Å². The van der Waals surface area contributed by atoms with Crippen molar-refractivity contribution in [3.8, 4) is 34.4 Å². The van der Waals surface area contributed by atoms with E-state index in [-0.39, 0.29) is 0 Å². The molecule has 0 saturated carbocycles. The fraction of sp³-hybridized carbons (Fsp3) is 0. The Balaban J connectivity index is 1.24. The van der Waals surface area contributed by atoms with Gasteiger partial charge in [0.15, 0.2) is 11.6 Å². The van der Waals surface area contributed by atoms with Gasteiger partial charge in [0, 0.05) is 38.7 Å². The minimum absolute atomic E-state index is 0.527. The maximum atomic E-state index is 6.52. The van der Waals surface area contributed by atoms with Gasteiger partial charge in [-0.3, -0.25) is 9.55 Å². The Labute approximate surface area is 290 Å². The quantitative estimate of drug-likeness (QED) is 0.189. The lowest BCUT2D eigenvalue weighted by atomic mass is 10.1. The molecule has 5 heterocycles. The Kier molecular flexibility index (Phi) is 5.83. The Morgan fingerprint density at radius 1 is 0.412 bits per heavy atom. The van der Waals surface area contributed by atoms with Gasteiger partial charge in [0.2, 0.25) is 5.95 Å². The summed E-state index contributed by atoms with van der Waals surface area (Å²) in [6.07, 6.45) is 1.85. The van der Waals surface area contributed by atoms with E-state index in [1.54, 1.807) is 0 Å². The summed E-state index contributed by atoms with van der Waals surface area (Å²) < 4.78 is 10.9. The van der Waals surface area contributed by atoms with Crippen molar-refractivity contribution in [2.75, 3.05) is 0 Å². The molecule has 11 rings (SSSR count). The van der Waals surface area contributed by atoms with Crippen LogP contribution < -0.4 is 0 Å². The van der Waals surface area contributed by atoms with Crippen molar-refractivity contribution >= 4 is 65.7 Å². The molecule has 7 heteroatoms. The van der Waals surface area contributed by atoms with E-state index in [9.17, 15) is 0 Å². The maximum absolute atomic E-state index is 6.52. The van der Waals surface area contributed by atoms with Crippen molar-refractivity contribution < 1.29 is 4.42 Å². The third-order valence-electron chi connectivity index (χ3n) is 9.86. The number of pyridine rings is 1. The number of furan rings is 1. The average Bonchev–Trinajstić information content (AvgIpc) is 3.86. The van der Waals surface area contributed by atoms with Crippen LogP contribution in [0, 0.1) is 0 Å². The monoisotopic (exact) mass is 654 g/mol. The van der Waals surface area contributed by atoms with Gasteiger partial charge in [0.05, 0.1) is 38.8 Å². The SMILES string of the molecule is c1ccc(-n2c3ccccc3c3ncccc32)c(-c2nc(-c3cccc4c3oc3ccccc34)nc(-n3c4ccccc4c4ccccc43)n2)c1. The molecule has 51 heavy (non-hydrogen) atoms. The first-order valence-corrected chi connectivity index (χ1v) is 16.9. The number of benzene rings is 6. The number of aromatic nitrogens is 6. The number of hydrogen-bond acceptors (Lipinski definition) is 5. The molecule has 6 aromatic carbocycles. The summed E-state index contributed by atoms with van der Waals surface area (Å²) in [5.74, 6) is 1.61. The van der Waals surface area contributed by atoms with Gasteiger partial charge in [0.1, 0.15) is 11.2 Å². The first-order chi connectivity index (χ1) is 25.3. The molecule has 11 aromatic rings. The Bertz CT molecular complexity index is 3060. The van der Waals surface area contributed by atoms with Gasteiger partial charge in [-0.05, 0) is 54.6 Å². The zero-order valence-corrected chi connectivity index (χ0v) is 27.1. The summed E-state index contributed by atoms with van der Waals surface area (Å²) in [4.78, 5) is 20.6. The predicted molar refractivity (Wildman–Crippen MR) is 204 cm³/mol. The molecule has 0 saturated heterocycles. The van der Waals surface area contributed by atoms with Crippen LogP contribution >= 0.6 is 0 Å².